The zero-order valence-corrected chi connectivity index (χ0v) is 12.1. The topological polar surface area (TPSA) is 43.4 Å². The fourth-order valence-electron chi connectivity index (χ4n) is 2.12. The maximum absolute atomic E-state index is 5.34. The Kier molecular flexibility index (Phi) is 4.96. The Morgan fingerprint density at radius 2 is 2.10 bits per heavy atom. The van der Waals surface area contributed by atoms with E-state index in [1.807, 2.05) is 24.4 Å². The van der Waals surface area contributed by atoms with Crippen LogP contribution < -0.4 is 10.1 Å². The van der Waals surface area contributed by atoms with E-state index < -0.39 is 0 Å². The maximum atomic E-state index is 5.34. The Morgan fingerprint density at radius 3 is 2.75 bits per heavy atom. The van der Waals surface area contributed by atoms with Gasteiger partial charge in [-0.2, -0.15) is 0 Å². The number of benzene rings is 1. The first-order valence-corrected chi connectivity index (χ1v) is 6.57. The molecule has 1 atom stereocenters. The number of aromatic nitrogens is 1. The van der Waals surface area contributed by atoms with Gasteiger partial charge in [0.1, 0.15) is 5.75 Å². The van der Waals surface area contributed by atoms with Gasteiger partial charge >= 0.3 is 0 Å². The van der Waals surface area contributed by atoms with Gasteiger partial charge in [0.25, 0.3) is 0 Å². The van der Waals surface area contributed by atoms with E-state index in [-0.39, 0.29) is 6.04 Å². The third-order valence-electron chi connectivity index (χ3n) is 3.15. The molecule has 1 aromatic carbocycles. The fraction of sp³-hybridized carbons (Fsp3) is 0.312. The number of nitrogens with one attached hydrogen (secondary N) is 1. The number of methoxy groups -OCH3 is 2. The van der Waals surface area contributed by atoms with Crippen LogP contribution in [0.4, 0.5) is 5.69 Å². The smallest absolute Gasteiger partial charge is 0.124 e. The number of rotatable bonds is 6. The second-order valence-corrected chi connectivity index (χ2v) is 4.61. The monoisotopic (exact) mass is 272 g/mol. The molecule has 0 fully saturated rings. The van der Waals surface area contributed by atoms with Crippen LogP contribution in [-0.4, -0.2) is 19.2 Å². The number of hydrogen-bond donors (Lipinski definition) is 1. The molecule has 2 aromatic rings. The van der Waals surface area contributed by atoms with E-state index in [9.17, 15) is 0 Å². The summed E-state index contributed by atoms with van der Waals surface area (Å²) in [6.07, 6.45) is 3.58. The molecule has 2 rings (SSSR count). The maximum Gasteiger partial charge on any atom is 0.124 e. The SMILES string of the molecule is COCc1cc(C(C)Nc2cccnc2)ccc1OC. The number of ether oxygens (including phenoxy) is 2. The van der Waals surface area contributed by atoms with Crippen molar-refractivity contribution in [3.63, 3.8) is 0 Å². The van der Waals surface area contributed by atoms with E-state index in [2.05, 4.69) is 29.4 Å². The molecule has 0 saturated carbocycles. The van der Waals surface area contributed by atoms with Gasteiger partial charge in [0.05, 0.1) is 19.4 Å². The number of pyridine rings is 1. The van der Waals surface area contributed by atoms with Crippen molar-refractivity contribution >= 4 is 5.69 Å². The van der Waals surface area contributed by atoms with Gasteiger partial charge in [-0.25, -0.2) is 0 Å². The Bertz CT molecular complexity index is 543. The van der Waals surface area contributed by atoms with Crippen LogP contribution in [0, 0.1) is 0 Å². The summed E-state index contributed by atoms with van der Waals surface area (Å²) in [6.45, 7) is 2.65. The molecule has 4 heteroatoms. The highest BCUT2D eigenvalue weighted by Crippen LogP contribution is 2.25. The second-order valence-electron chi connectivity index (χ2n) is 4.61. The molecule has 0 spiro atoms. The lowest BCUT2D eigenvalue weighted by Gasteiger charge is -2.17. The Labute approximate surface area is 119 Å². The van der Waals surface area contributed by atoms with Gasteiger partial charge in [-0.15, -0.1) is 0 Å². The molecule has 0 amide bonds. The summed E-state index contributed by atoms with van der Waals surface area (Å²) in [5.41, 5.74) is 3.23. The van der Waals surface area contributed by atoms with E-state index >= 15 is 0 Å². The average molecular weight is 272 g/mol. The van der Waals surface area contributed by atoms with Gasteiger partial charge in [0, 0.05) is 31.1 Å². The van der Waals surface area contributed by atoms with Gasteiger partial charge in [0.2, 0.25) is 0 Å². The lowest BCUT2D eigenvalue weighted by molar-refractivity contribution is 0.181. The van der Waals surface area contributed by atoms with Crippen molar-refractivity contribution in [2.75, 3.05) is 19.5 Å². The fourth-order valence-corrected chi connectivity index (χ4v) is 2.12. The molecule has 4 nitrogen and oxygen atoms in total. The lowest BCUT2D eigenvalue weighted by Crippen LogP contribution is -2.07. The van der Waals surface area contributed by atoms with Crippen molar-refractivity contribution < 1.29 is 9.47 Å². The molecular formula is C16H20N2O2. The Hall–Kier alpha value is -2.07. The van der Waals surface area contributed by atoms with E-state index in [4.69, 9.17) is 9.47 Å². The molecule has 20 heavy (non-hydrogen) atoms. The minimum atomic E-state index is 0.181. The first kappa shape index (κ1) is 14.3. The van der Waals surface area contributed by atoms with Crippen molar-refractivity contribution in [2.45, 2.75) is 19.6 Å². The van der Waals surface area contributed by atoms with Gasteiger partial charge in [-0.1, -0.05) is 6.07 Å². The summed E-state index contributed by atoms with van der Waals surface area (Å²) in [5.74, 6) is 0.851. The van der Waals surface area contributed by atoms with Gasteiger partial charge < -0.3 is 14.8 Å². The van der Waals surface area contributed by atoms with Crippen molar-refractivity contribution in [2.24, 2.45) is 0 Å². The standard InChI is InChI=1S/C16H20N2O2/c1-12(18-15-5-4-8-17-10-15)13-6-7-16(20-3)14(9-13)11-19-2/h4-10,12,18H,11H2,1-3H3. The number of nitrogens with zero attached hydrogens (tertiary/aromatic N) is 1. The molecule has 106 valence electrons. The summed E-state index contributed by atoms with van der Waals surface area (Å²) in [7, 11) is 3.36. The van der Waals surface area contributed by atoms with Crippen LogP contribution in [0.15, 0.2) is 42.7 Å². The normalized spacial score (nSPS) is 11.9. The van der Waals surface area contributed by atoms with Crippen molar-refractivity contribution in [1.82, 2.24) is 4.98 Å². The van der Waals surface area contributed by atoms with Crippen LogP contribution >= 0.6 is 0 Å². The summed E-state index contributed by atoms with van der Waals surface area (Å²) in [5, 5.41) is 3.42. The quantitative estimate of drug-likeness (QED) is 0.875. The zero-order chi connectivity index (χ0) is 14.4. The second kappa shape index (κ2) is 6.91. The Morgan fingerprint density at radius 1 is 1.25 bits per heavy atom. The molecule has 0 radical (unpaired) electrons. The third kappa shape index (κ3) is 3.48. The van der Waals surface area contributed by atoms with Crippen LogP contribution in [0.25, 0.3) is 0 Å². The predicted octanol–water partition coefficient (Wildman–Crippen LogP) is 3.41. The van der Waals surface area contributed by atoms with E-state index in [1.54, 1.807) is 20.4 Å². The largest absolute Gasteiger partial charge is 0.496 e. The van der Waals surface area contributed by atoms with Gasteiger partial charge in [-0.05, 0) is 36.8 Å². The molecular weight excluding hydrogens is 252 g/mol. The van der Waals surface area contributed by atoms with E-state index in [1.165, 1.54) is 5.56 Å². The molecule has 0 bridgehead atoms. The molecule has 0 saturated heterocycles. The van der Waals surface area contributed by atoms with Gasteiger partial charge in [0.15, 0.2) is 0 Å². The molecule has 0 aliphatic heterocycles. The molecule has 1 aromatic heterocycles. The summed E-state index contributed by atoms with van der Waals surface area (Å²) in [4.78, 5) is 4.10. The summed E-state index contributed by atoms with van der Waals surface area (Å²) < 4.78 is 10.6. The molecule has 1 N–H and O–H groups in total. The van der Waals surface area contributed by atoms with E-state index in [0.29, 0.717) is 6.61 Å². The first-order chi connectivity index (χ1) is 9.74. The molecule has 1 unspecified atom stereocenters. The third-order valence-corrected chi connectivity index (χ3v) is 3.15. The minimum absolute atomic E-state index is 0.181. The van der Waals surface area contributed by atoms with Crippen LogP contribution in [0.1, 0.15) is 24.1 Å². The summed E-state index contributed by atoms with van der Waals surface area (Å²) in [6, 6.07) is 10.2. The van der Waals surface area contributed by atoms with E-state index in [0.717, 1.165) is 17.0 Å². The highest BCUT2D eigenvalue weighted by molar-refractivity contribution is 5.45. The van der Waals surface area contributed by atoms with Crippen molar-refractivity contribution in [3.05, 3.63) is 53.9 Å². The highest BCUT2D eigenvalue weighted by Gasteiger charge is 2.09. The lowest BCUT2D eigenvalue weighted by atomic mass is 10.0. The van der Waals surface area contributed by atoms with Crippen LogP contribution in [0.3, 0.4) is 0 Å². The van der Waals surface area contributed by atoms with Crippen molar-refractivity contribution in [3.8, 4) is 5.75 Å². The van der Waals surface area contributed by atoms with Crippen LogP contribution in [0.5, 0.6) is 5.75 Å². The molecule has 1 heterocycles. The Balaban J connectivity index is 2.17. The number of anilines is 1. The average Bonchev–Trinajstić information content (AvgIpc) is 2.48. The highest BCUT2D eigenvalue weighted by atomic mass is 16.5. The van der Waals surface area contributed by atoms with Crippen LogP contribution in [0.2, 0.25) is 0 Å². The van der Waals surface area contributed by atoms with Gasteiger partial charge in [-0.3, -0.25) is 4.98 Å². The molecule has 0 aliphatic rings. The number of hydrogen-bond acceptors (Lipinski definition) is 4. The summed E-state index contributed by atoms with van der Waals surface area (Å²) >= 11 is 0. The predicted molar refractivity (Wildman–Crippen MR) is 80.0 cm³/mol. The zero-order valence-electron chi connectivity index (χ0n) is 12.1. The molecule has 0 aliphatic carbocycles. The van der Waals surface area contributed by atoms with Crippen LogP contribution in [-0.2, 0) is 11.3 Å². The first-order valence-electron chi connectivity index (χ1n) is 6.57. The van der Waals surface area contributed by atoms with Crippen molar-refractivity contribution in [1.29, 1.82) is 0 Å². The minimum Gasteiger partial charge on any atom is -0.496 e.